The average molecular weight is 468 g/mol. The number of aryl methyl sites for hydroxylation is 1. The molecule has 0 N–H and O–H groups in total. The summed E-state index contributed by atoms with van der Waals surface area (Å²) in [5.41, 5.74) is 5.28. The Kier molecular flexibility index (Phi) is 6.08. The molecule has 0 aliphatic carbocycles. The first-order valence-electron chi connectivity index (χ1n) is 11.7. The molecule has 5 rings (SSSR count). The highest BCUT2D eigenvalue weighted by Gasteiger charge is 2.35. The largest absolute Gasteiger partial charge is 0.496 e. The predicted octanol–water partition coefficient (Wildman–Crippen LogP) is 6.24. The molecule has 1 amide bonds. The van der Waals surface area contributed by atoms with Gasteiger partial charge in [-0.15, -0.1) is 0 Å². The number of rotatable bonds is 6. The van der Waals surface area contributed by atoms with E-state index in [1.54, 1.807) is 21.3 Å². The molecule has 4 aromatic carbocycles. The van der Waals surface area contributed by atoms with Crippen molar-refractivity contribution < 1.29 is 19.0 Å². The second kappa shape index (κ2) is 9.34. The van der Waals surface area contributed by atoms with Gasteiger partial charge >= 0.3 is 0 Å². The molecule has 35 heavy (non-hydrogen) atoms. The molecule has 1 aliphatic rings. The van der Waals surface area contributed by atoms with E-state index in [0.717, 1.165) is 33.2 Å². The van der Waals surface area contributed by atoms with Gasteiger partial charge in [0.1, 0.15) is 5.75 Å². The zero-order valence-electron chi connectivity index (χ0n) is 20.5. The van der Waals surface area contributed by atoms with Crippen molar-refractivity contribution >= 4 is 22.4 Å². The maximum atomic E-state index is 13.7. The second-order valence-electron chi connectivity index (χ2n) is 8.83. The summed E-state index contributed by atoms with van der Waals surface area (Å²) < 4.78 is 16.9. The number of amides is 1. The third-order valence-corrected chi connectivity index (χ3v) is 6.97. The van der Waals surface area contributed by atoms with Crippen molar-refractivity contribution in [1.82, 2.24) is 0 Å². The molecular weight excluding hydrogens is 438 g/mol. The van der Waals surface area contributed by atoms with Gasteiger partial charge < -0.3 is 19.1 Å². The predicted molar refractivity (Wildman–Crippen MR) is 139 cm³/mol. The van der Waals surface area contributed by atoms with Crippen molar-refractivity contribution in [3.8, 4) is 17.2 Å². The number of hydrogen-bond donors (Lipinski definition) is 0. The summed E-state index contributed by atoms with van der Waals surface area (Å²) in [6.45, 7) is 2.62. The van der Waals surface area contributed by atoms with Crippen LogP contribution in [0.2, 0.25) is 0 Å². The van der Waals surface area contributed by atoms with Gasteiger partial charge in [-0.25, -0.2) is 0 Å². The van der Waals surface area contributed by atoms with Crippen LogP contribution in [0, 0.1) is 6.92 Å². The first-order valence-corrected chi connectivity index (χ1v) is 11.7. The number of hydrogen-bond acceptors (Lipinski definition) is 4. The van der Waals surface area contributed by atoms with E-state index in [9.17, 15) is 4.79 Å². The standard InChI is InChI=1S/C30H29NO4/c1-19-9-5-6-11-21(19)18-31-25-14-13-20-10-7-8-12-22(20)30(25)24(16-29(31)32)23-15-27(34-3)28(35-4)17-26(23)33-2/h5-15,17,24H,16,18H2,1-4H3. The number of carbonyl (C=O) groups is 1. The fraction of sp³-hybridized carbons (Fsp3) is 0.233. The van der Waals surface area contributed by atoms with Crippen LogP contribution in [0.15, 0.2) is 72.8 Å². The second-order valence-corrected chi connectivity index (χ2v) is 8.83. The lowest BCUT2D eigenvalue weighted by atomic mass is 9.80. The van der Waals surface area contributed by atoms with Gasteiger partial charge in [0, 0.05) is 29.7 Å². The molecule has 4 aromatic rings. The van der Waals surface area contributed by atoms with E-state index in [0.29, 0.717) is 30.2 Å². The number of methoxy groups -OCH3 is 3. The van der Waals surface area contributed by atoms with E-state index < -0.39 is 0 Å². The van der Waals surface area contributed by atoms with Gasteiger partial charge in [0.15, 0.2) is 11.5 Å². The Morgan fingerprint density at radius 1 is 0.829 bits per heavy atom. The van der Waals surface area contributed by atoms with Crippen LogP contribution in [0.3, 0.4) is 0 Å². The summed E-state index contributed by atoms with van der Waals surface area (Å²) in [4.78, 5) is 15.6. The lowest BCUT2D eigenvalue weighted by molar-refractivity contribution is -0.119. The van der Waals surface area contributed by atoms with Crippen LogP contribution >= 0.6 is 0 Å². The number of fused-ring (bicyclic) bond motifs is 3. The van der Waals surface area contributed by atoms with Gasteiger partial charge in [-0.05, 0) is 46.5 Å². The Balaban J connectivity index is 1.73. The number of carbonyl (C=O) groups excluding carboxylic acids is 1. The van der Waals surface area contributed by atoms with Crippen molar-refractivity contribution in [2.24, 2.45) is 0 Å². The van der Waals surface area contributed by atoms with Crippen molar-refractivity contribution in [2.75, 3.05) is 26.2 Å². The first kappa shape index (κ1) is 22.8. The van der Waals surface area contributed by atoms with Gasteiger partial charge in [-0.2, -0.15) is 0 Å². The molecule has 0 fully saturated rings. The van der Waals surface area contributed by atoms with Crippen LogP contribution in [-0.4, -0.2) is 27.2 Å². The molecule has 5 nitrogen and oxygen atoms in total. The van der Waals surface area contributed by atoms with E-state index in [1.165, 1.54) is 5.56 Å². The summed E-state index contributed by atoms with van der Waals surface area (Å²) in [6, 6.07) is 24.5. The Morgan fingerprint density at radius 3 is 2.26 bits per heavy atom. The van der Waals surface area contributed by atoms with Crippen LogP contribution in [0.4, 0.5) is 5.69 Å². The minimum atomic E-state index is -0.188. The normalized spacial score (nSPS) is 15.1. The van der Waals surface area contributed by atoms with Crippen molar-refractivity contribution in [2.45, 2.75) is 25.8 Å². The Hall–Kier alpha value is -3.99. The van der Waals surface area contributed by atoms with Crippen molar-refractivity contribution in [3.63, 3.8) is 0 Å². The van der Waals surface area contributed by atoms with Crippen LogP contribution in [0.25, 0.3) is 10.8 Å². The third-order valence-electron chi connectivity index (χ3n) is 6.97. The smallest absolute Gasteiger partial charge is 0.228 e. The third kappa shape index (κ3) is 3.97. The van der Waals surface area contributed by atoms with Gasteiger partial charge in [-0.1, -0.05) is 54.6 Å². The van der Waals surface area contributed by atoms with E-state index in [2.05, 4.69) is 43.3 Å². The van der Waals surface area contributed by atoms with Crippen molar-refractivity contribution in [3.05, 3.63) is 95.1 Å². The van der Waals surface area contributed by atoms with E-state index in [-0.39, 0.29) is 11.8 Å². The quantitative estimate of drug-likeness (QED) is 0.337. The van der Waals surface area contributed by atoms with E-state index >= 15 is 0 Å². The monoisotopic (exact) mass is 467 g/mol. The molecule has 1 heterocycles. The number of nitrogens with zero attached hydrogens (tertiary/aromatic N) is 1. The Bertz CT molecular complexity index is 1410. The molecule has 0 saturated heterocycles. The molecule has 0 spiro atoms. The first-order chi connectivity index (χ1) is 17.0. The molecule has 178 valence electrons. The zero-order valence-corrected chi connectivity index (χ0v) is 20.5. The van der Waals surface area contributed by atoms with Gasteiger partial charge in [0.25, 0.3) is 0 Å². The van der Waals surface area contributed by atoms with Gasteiger partial charge in [-0.3, -0.25) is 4.79 Å². The molecule has 0 aromatic heterocycles. The minimum Gasteiger partial charge on any atom is -0.496 e. The lowest BCUT2D eigenvalue weighted by Gasteiger charge is -2.36. The SMILES string of the molecule is COc1cc(OC)c(C2CC(=O)N(Cc3ccccc3C)c3ccc4ccccc4c32)cc1OC. The number of anilines is 1. The zero-order chi connectivity index (χ0) is 24.5. The molecule has 1 aliphatic heterocycles. The van der Waals surface area contributed by atoms with Crippen LogP contribution in [0.1, 0.15) is 34.6 Å². The van der Waals surface area contributed by atoms with Crippen LogP contribution < -0.4 is 19.1 Å². The molecule has 5 heteroatoms. The molecule has 0 radical (unpaired) electrons. The highest BCUT2D eigenvalue weighted by atomic mass is 16.5. The maximum Gasteiger partial charge on any atom is 0.228 e. The van der Waals surface area contributed by atoms with Crippen LogP contribution in [-0.2, 0) is 11.3 Å². The highest BCUT2D eigenvalue weighted by molar-refractivity contribution is 6.03. The topological polar surface area (TPSA) is 48.0 Å². The molecule has 1 unspecified atom stereocenters. The number of ether oxygens (including phenoxy) is 3. The lowest BCUT2D eigenvalue weighted by Crippen LogP contribution is -2.36. The van der Waals surface area contributed by atoms with E-state index in [1.807, 2.05) is 41.3 Å². The van der Waals surface area contributed by atoms with E-state index in [4.69, 9.17) is 14.2 Å². The Labute approximate surface area is 205 Å². The minimum absolute atomic E-state index is 0.0814. The van der Waals surface area contributed by atoms with Gasteiger partial charge in [0.05, 0.1) is 27.9 Å². The summed E-state index contributed by atoms with van der Waals surface area (Å²) in [5.74, 6) is 1.77. The molecule has 1 atom stereocenters. The maximum absolute atomic E-state index is 13.7. The van der Waals surface area contributed by atoms with Crippen LogP contribution in [0.5, 0.6) is 17.2 Å². The summed E-state index contributed by atoms with van der Waals surface area (Å²) in [7, 11) is 4.87. The summed E-state index contributed by atoms with van der Waals surface area (Å²) in [5, 5.41) is 2.27. The van der Waals surface area contributed by atoms with Gasteiger partial charge in [0.2, 0.25) is 5.91 Å². The molecule has 0 saturated carbocycles. The fourth-order valence-electron chi connectivity index (χ4n) is 5.13. The summed E-state index contributed by atoms with van der Waals surface area (Å²) in [6.07, 6.45) is 0.332. The fourth-order valence-corrected chi connectivity index (χ4v) is 5.13. The Morgan fingerprint density at radius 2 is 1.51 bits per heavy atom. The molecule has 0 bridgehead atoms. The number of benzene rings is 4. The molecular formula is C30H29NO4. The summed E-state index contributed by atoms with van der Waals surface area (Å²) >= 11 is 0. The van der Waals surface area contributed by atoms with Crippen molar-refractivity contribution in [1.29, 1.82) is 0 Å². The highest BCUT2D eigenvalue weighted by Crippen LogP contribution is 2.49. The average Bonchev–Trinajstić information content (AvgIpc) is 2.89.